The molecule has 20 heavy (non-hydrogen) atoms. The molecule has 1 amide bonds. The van der Waals surface area contributed by atoms with Gasteiger partial charge in [-0.05, 0) is 35.0 Å². The fraction of sp³-hybridized carbons (Fsp3) is 0.200. The molecule has 3 aromatic rings. The van der Waals surface area contributed by atoms with E-state index in [0.29, 0.717) is 0 Å². The van der Waals surface area contributed by atoms with Gasteiger partial charge in [0.25, 0.3) is 0 Å². The first-order chi connectivity index (χ1) is 9.58. The van der Waals surface area contributed by atoms with E-state index < -0.39 is 0 Å². The molecule has 0 saturated heterocycles. The van der Waals surface area contributed by atoms with Gasteiger partial charge in [-0.25, -0.2) is 0 Å². The lowest BCUT2D eigenvalue weighted by Gasteiger charge is -2.12. The second-order valence-electron chi connectivity index (χ2n) is 4.83. The van der Waals surface area contributed by atoms with Gasteiger partial charge in [-0.15, -0.1) is 0 Å². The molecule has 0 spiro atoms. The predicted octanol–water partition coefficient (Wildman–Crippen LogP) is 3.68. The number of carbonyl (C=O) groups is 1. The van der Waals surface area contributed by atoms with Crippen molar-refractivity contribution in [1.82, 2.24) is 15.3 Å². The average molecular weight is 332 g/mol. The lowest BCUT2D eigenvalue weighted by Crippen LogP contribution is -2.24. The summed E-state index contributed by atoms with van der Waals surface area (Å²) in [7, 11) is 0. The van der Waals surface area contributed by atoms with Crippen molar-refractivity contribution in [2.75, 3.05) is 0 Å². The average Bonchev–Trinajstić information content (AvgIpc) is 2.78. The van der Waals surface area contributed by atoms with Gasteiger partial charge >= 0.3 is 0 Å². The summed E-state index contributed by atoms with van der Waals surface area (Å²) in [6, 6.07) is 7.94. The molecule has 0 radical (unpaired) electrons. The van der Waals surface area contributed by atoms with Gasteiger partial charge in [-0.2, -0.15) is 0 Å². The number of H-pyrrole nitrogens is 1. The van der Waals surface area contributed by atoms with E-state index in [1.54, 1.807) is 6.20 Å². The van der Waals surface area contributed by atoms with Gasteiger partial charge in [0.15, 0.2) is 0 Å². The standard InChI is InChI=1S/C15H14BrN3O/c1-8(18-9(2)20)13-15-11(6-7-17-13)10-4-3-5-12(16)14(10)19-15/h3-8,19H,1-2H3,(H,18,20)/t8-/m1/s1. The van der Waals surface area contributed by atoms with E-state index in [9.17, 15) is 4.79 Å². The Morgan fingerprint density at radius 3 is 2.80 bits per heavy atom. The molecule has 0 unspecified atom stereocenters. The summed E-state index contributed by atoms with van der Waals surface area (Å²) in [5.74, 6) is -0.0615. The van der Waals surface area contributed by atoms with Gasteiger partial charge < -0.3 is 10.3 Å². The van der Waals surface area contributed by atoms with Crippen LogP contribution in [0, 0.1) is 0 Å². The highest BCUT2D eigenvalue weighted by Crippen LogP contribution is 2.32. The fourth-order valence-electron chi connectivity index (χ4n) is 2.54. The summed E-state index contributed by atoms with van der Waals surface area (Å²) < 4.78 is 1.02. The Hall–Kier alpha value is -1.88. The number of hydrogen-bond acceptors (Lipinski definition) is 2. The van der Waals surface area contributed by atoms with Crippen molar-refractivity contribution in [2.24, 2.45) is 0 Å². The van der Waals surface area contributed by atoms with Gasteiger partial charge in [0.2, 0.25) is 5.91 Å². The number of amides is 1. The molecule has 0 bridgehead atoms. The van der Waals surface area contributed by atoms with Crippen molar-refractivity contribution in [2.45, 2.75) is 19.9 Å². The zero-order valence-corrected chi connectivity index (χ0v) is 12.8. The Kier molecular flexibility index (Phi) is 3.22. The van der Waals surface area contributed by atoms with Crippen LogP contribution in [0.2, 0.25) is 0 Å². The van der Waals surface area contributed by atoms with E-state index in [1.807, 2.05) is 25.1 Å². The van der Waals surface area contributed by atoms with Gasteiger partial charge in [-0.1, -0.05) is 12.1 Å². The minimum atomic E-state index is -0.136. The van der Waals surface area contributed by atoms with Crippen molar-refractivity contribution in [3.8, 4) is 0 Å². The number of carbonyl (C=O) groups excluding carboxylic acids is 1. The van der Waals surface area contributed by atoms with Crippen LogP contribution >= 0.6 is 15.9 Å². The highest BCUT2D eigenvalue weighted by atomic mass is 79.9. The number of fused-ring (bicyclic) bond motifs is 3. The van der Waals surface area contributed by atoms with Gasteiger partial charge in [-0.3, -0.25) is 9.78 Å². The number of pyridine rings is 1. The van der Waals surface area contributed by atoms with E-state index in [-0.39, 0.29) is 11.9 Å². The second kappa shape index (κ2) is 4.90. The Bertz CT molecular complexity index is 809. The summed E-state index contributed by atoms with van der Waals surface area (Å²) >= 11 is 3.56. The summed E-state index contributed by atoms with van der Waals surface area (Å²) in [5.41, 5.74) is 2.86. The first-order valence-electron chi connectivity index (χ1n) is 6.40. The first-order valence-corrected chi connectivity index (χ1v) is 7.19. The van der Waals surface area contributed by atoms with E-state index >= 15 is 0 Å². The maximum Gasteiger partial charge on any atom is 0.217 e. The molecule has 2 N–H and O–H groups in total. The van der Waals surface area contributed by atoms with Crippen LogP contribution in [-0.4, -0.2) is 15.9 Å². The van der Waals surface area contributed by atoms with Crippen LogP contribution < -0.4 is 5.32 Å². The molecule has 4 nitrogen and oxygen atoms in total. The zero-order valence-electron chi connectivity index (χ0n) is 11.2. The molecule has 102 valence electrons. The van der Waals surface area contributed by atoms with Crippen LogP contribution in [-0.2, 0) is 4.79 Å². The van der Waals surface area contributed by atoms with Crippen LogP contribution in [0.1, 0.15) is 25.6 Å². The number of benzene rings is 1. The van der Waals surface area contributed by atoms with Crippen LogP contribution in [0.3, 0.4) is 0 Å². The van der Waals surface area contributed by atoms with Crippen molar-refractivity contribution < 1.29 is 4.79 Å². The van der Waals surface area contributed by atoms with Gasteiger partial charge in [0, 0.05) is 28.4 Å². The molecule has 2 heterocycles. The topological polar surface area (TPSA) is 57.8 Å². The third-order valence-corrected chi connectivity index (χ3v) is 4.02. The van der Waals surface area contributed by atoms with E-state index in [2.05, 4.69) is 37.3 Å². The zero-order chi connectivity index (χ0) is 14.3. The number of nitrogens with zero attached hydrogens (tertiary/aromatic N) is 1. The van der Waals surface area contributed by atoms with Crippen LogP contribution in [0.25, 0.3) is 21.8 Å². The van der Waals surface area contributed by atoms with Crippen LogP contribution in [0.15, 0.2) is 34.9 Å². The van der Waals surface area contributed by atoms with Gasteiger partial charge in [0.05, 0.1) is 22.8 Å². The Labute approximate surface area is 124 Å². The molecule has 0 saturated carbocycles. The SMILES string of the molecule is CC(=O)N[C@H](C)c1nccc2c1[nH]c1c(Br)cccc12. The quantitative estimate of drug-likeness (QED) is 0.752. The number of halogens is 1. The Morgan fingerprint density at radius 2 is 2.05 bits per heavy atom. The largest absolute Gasteiger partial charge is 0.352 e. The summed E-state index contributed by atoms with van der Waals surface area (Å²) in [5, 5.41) is 5.14. The molecule has 0 fully saturated rings. The number of para-hydroxylation sites is 1. The molecule has 1 aromatic carbocycles. The smallest absolute Gasteiger partial charge is 0.217 e. The lowest BCUT2D eigenvalue weighted by atomic mass is 10.1. The second-order valence-corrected chi connectivity index (χ2v) is 5.68. The molecule has 1 atom stereocenters. The Morgan fingerprint density at radius 1 is 1.30 bits per heavy atom. The third-order valence-electron chi connectivity index (χ3n) is 3.36. The number of rotatable bonds is 2. The molecule has 5 heteroatoms. The molecule has 0 aliphatic heterocycles. The maximum absolute atomic E-state index is 11.2. The maximum atomic E-state index is 11.2. The monoisotopic (exact) mass is 331 g/mol. The molecule has 3 rings (SSSR count). The minimum absolute atomic E-state index is 0.0615. The normalized spacial score (nSPS) is 12.8. The molecule has 0 aliphatic carbocycles. The predicted molar refractivity (Wildman–Crippen MR) is 83.5 cm³/mol. The summed E-state index contributed by atoms with van der Waals surface area (Å²) in [6.07, 6.45) is 1.78. The lowest BCUT2D eigenvalue weighted by molar-refractivity contribution is -0.119. The van der Waals surface area contributed by atoms with E-state index in [0.717, 1.165) is 32.0 Å². The van der Waals surface area contributed by atoms with Crippen molar-refractivity contribution in [3.05, 3.63) is 40.6 Å². The molecular formula is C15H14BrN3O. The number of aromatic amines is 1. The van der Waals surface area contributed by atoms with Crippen LogP contribution in [0.4, 0.5) is 0 Å². The van der Waals surface area contributed by atoms with Crippen molar-refractivity contribution >= 4 is 43.6 Å². The Balaban J connectivity index is 2.27. The number of aromatic nitrogens is 2. The summed E-state index contributed by atoms with van der Waals surface area (Å²) in [4.78, 5) is 19.1. The van der Waals surface area contributed by atoms with Gasteiger partial charge in [0.1, 0.15) is 0 Å². The highest BCUT2D eigenvalue weighted by Gasteiger charge is 2.15. The van der Waals surface area contributed by atoms with E-state index in [4.69, 9.17) is 0 Å². The highest BCUT2D eigenvalue weighted by molar-refractivity contribution is 9.10. The summed E-state index contributed by atoms with van der Waals surface area (Å²) in [6.45, 7) is 3.45. The molecular weight excluding hydrogens is 318 g/mol. The number of nitrogens with one attached hydrogen (secondary N) is 2. The van der Waals surface area contributed by atoms with Crippen molar-refractivity contribution in [3.63, 3.8) is 0 Å². The minimum Gasteiger partial charge on any atom is -0.352 e. The first kappa shape index (κ1) is 13.1. The molecule has 0 aliphatic rings. The van der Waals surface area contributed by atoms with E-state index in [1.165, 1.54) is 6.92 Å². The molecule has 2 aromatic heterocycles. The van der Waals surface area contributed by atoms with Crippen molar-refractivity contribution in [1.29, 1.82) is 0 Å². The third kappa shape index (κ3) is 2.08. The number of hydrogen-bond donors (Lipinski definition) is 2. The van der Waals surface area contributed by atoms with Crippen LogP contribution in [0.5, 0.6) is 0 Å². The fourth-order valence-corrected chi connectivity index (χ4v) is 3.00.